The van der Waals surface area contributed by atoms with Crippen LogP contribution in [-0.4, -0.2) is 47.6 Å². The van der Waals surface area contributed by atoms with Crippen molar-refractivity contribution in [1.82, 2.24) is 9.97 Å². The molecule has 0 aliphatic carbocycles. The van der Waals surface area contributed by atoms with Gasteiger partial charge >= 0.3 is 0 Å². The van der Waals surface area contributed by atoms with Gasteiger partial charge in [0.15, 0.2) is 11.6 Å². The normalized spacial score (nSPS) is 21.0. The average Bonchev–Trinajstić information content (AvgIpc) is 3.32. The van der Waals surface area contributed by atoms with E-state index in [1.165, 1.54) is 18.5 Å². The number of hydrogen-bond acceptors (Lipinski definition) is 5. The van der Waals surface area contributed by atoms with Crippen LogP contribution in [-0.2, 0) is 4.79 Å². The van der Waals surface area contributed by atoms with E-state index in [0.717, 1.165) is 38.8 Å². The summed E-state index contributed by atoms with van der Waals surface area (Å²) in [5, 5.41) is 0.0371. The number of nitrogens with zero attached hydrogens (tertiary/aromatic N) is 5. The highest BCUT2D eigenvalue weighted by atomic mass is 35.5. The summed E-state index contributed by atoms with van der Waals surface area (Å²) in [6, 6.07) is 4.54. The number of piperidine rings is 2. The van der Waals surface area contributed by atoms with E-state index < -0.39 is 11.4 Å². The van der Waals surface area contributed by atoms with Gasteiger partial charge in [-0.25, -0.2) is 14.4 Å². The maximum Gasteiger partial charge on any atom is 0.227 e. The van der Waals surface area contributed by atoms with E-state index in [4.69, 9.17) is 11.6 Å². The zero-order chi connectivity index (χ0) is 22.3. The Morgan fingerprint density at radius 3 is 2.22 bits per heavy atom. The van der Waals surface area contributed by atoms with Crippen molar-refractivity contribution < 1.29 is 13.6 Å². The van der Waals surface area contributed by atoms with Gasteiger partial charge in [0.2, 0.25) is 11.7 Å². The first kappa shape index (κ1) is 21.4. The van der Waals surface area contributed by atoms with Crippen molar-refractivity contribution in [1.29, 1.82) is 0 Å². The number of carbonyl (C=O) groups is 1. The molecule has 170 valence electrons. The van der Waals surface area contributed by atoms with Gasteiger partial charge < -0.3 is 14.7 Å². The molecule has 0 radical (unpaired) electrons. The molecule has 0 N–H and O–H groups in total. The molecule has 0 bridgehead atoms. The number of carbonyl (C=O) groups excluding carboxylic acids is 1. The molecule has 1 aromatic heterocycles. The quantitative estimate of drug-likeness (QED) is 0.670. The van der Waals surface area contributed by atoms with Crippen LogP contribution in [0.1, 0.15) is 44.9 Å². The number of benzene rings is 1. The van der Waals surface area contributed by atoms with Gasteiger partial charge in [-0.2, -0.15) is 4.39 Å². The molecular weight excluding hydrogens is 436 g/mol. The molecule has 3 aliphatic heterocycles. The van der Waals surface area contributed by atoms with Crippen molar-refractivity contribution in [3.8, 4) is 0 Å². The molecular formula is C23H26ClF2N5O. The number of aromatic nitrogens is 2. The molecule has 3 fully saturated rings. The third-order valence-corrected chi connectivity index (χ3v) is 7.38. The lowest BCUT2D eigenvalue weighted by atomic mass is 9.78. The minimum Gasteiger partial charge on any atom is -0.354 e. The first-order valence-electron chi connectivity index (χ1n) is 11.3. The molecule has 6 nitrogen and oxygen atoms in total. The molecule has 0 atom stereocenters. The van der Waals surface area contributed by atoms with Gasteiger partial charge in [0.1, 0.15) is 12.1 Å². The summed E-state index contributed by atoms with van der Waals surface area (Å²) >= 11 is 5.86. The number of rotatable bonds is 3. The van der Waals surface area contributed by atoms with Crippen LogP contribution in [0.15, 0.2) is 24.5 Å². The lowest BCUT2D eigenvalue weighted by Gasteiger charge is -2.51. The molecule has 1 aromatic carbocycles. The number of halogens is 3. The Balaban J connectivity index is 1.39. The van der Waals surface area contributed by atoms with Crippen molar-refractivity contribution in [3.05, 3.63) is 41.2 Å². The molecule has 1 amide bonds. The molecule has 32 heavy (non-hydrogen) atoms. The standard InChI is InChI=1S/C23H26ClF2N5O/c24-17-6-5-16(14-18(17)25)31-19(32)4-3-7-23(31)8-12-30(13-9-23)22-20(26)21(27-15-28-22)29-10-1-2-11-29/h5-6,14-15H,1-4,7-13H2. The summed E-state index contributed by atoms with van der Waals surface area (Å²) in [7, 11) is 0. The van der Waals surface area contributed by atoms with Gasteiger partial charge in [-0.3, -0.25) is 4.79 Å². The Labute approximate surface area is 191 Å². The molecule has 0 saturated carbocycles. The van der Waals surface area contributed by atoms with E-state index in [2.05, 4.69) is 9.97 Å². The van der Waals surface area contributed by atoms with Gasteiger partial charge in [0.25, 0.3) is 0 Å². The molecule has 3 aliphatic rings. The van der Waals surface area contributed by atoms with Crippen molar-refractivity contribution >= 4 is 34.8 Å². The summed E-state index contributed by atoms with van der Waals surface area (Å²) < 4.78 is 29.5. The zero-order valence-electron chi connectivity index (χ0n) is 17.9. The van der Waals surface area contributed by atoms with Gasteiger partial charge in [0, 0.05) is 38.3 Å². The second-order valence-electron chi connectivity index (χ2n) is 8.92. The highest BCUT2D eigenvalue weighted by Gasteiger charge is 2.46. The second-order valence-corrected chi connectivity index (χ2v) is 9.33. The largest absolute Gasteiger partial charge is 0.354 e. The van der Waals surface area contributed by atoms with Crippen LogP contribution >= 0.6 is 11.6 Å². The van der Waals surface area contributed by atoms with E-state index in [-0.39, 0.29) is 16.7 Å². The van der Waals surface area contributed by atoms with Crippen LogP contribution in [0.4, 0.5) is 26.1 Å². The molecule has 2 aromatic rings. The van der Waals surface area contributed by atoms with Crippen molar-refractivity contribution in [2.75, 3.05) is 40.9 Å². The van der Waals surface area contributed by atoms with Crippen molar-refractivity contribution in [3.63, 3.8) is 0 Å². The predicted octanol–water partition coefficient (Wildman–Crippen LogP) is 4.56. The van der Waals surface area contributed by atoms with Gasteiger partial charge in [-0.05, 0) is 56.7 Å². The maximum atomic E-state index is 15.3. The third-order valence-electron chi connectivity index (χ3n) is 7.07. The van der Waals surface area contributed by atoms with Crippen LogP contribution in [0.25, 0.3) is 0 Å². The summed E-state index contributed by atoms with van der Waals surface area (Å²) in [6.45, 7) is 2.75. The number of hydrogen-bond donors (Lipinski definition) is 0. The van der Waals surface area contributed by atoms with Crippen LogP contribution in [0.5, 0.6) is 0 Å². The van der Waals surface area contributed by atoms with E-state index >= 15 is 4.39 Å². The first-order valence-corrected chi connectivity index (χ1v) is 11.6. The van der Waals surface area contributed by atoms with Crippen LogP contribution in [0.3, 0.4) is 0 Å². The van der Waals surface area contributed by atoms with E-state index in [9.17, 15) is 9.18 Å². The zero-order valence-corrected chi connectivity index (χ0v) is 18.6. The van der Waals surface area contributed by atoms with E-state index in [1.807, 2.05) is 9.80 Å². The SMILES string of the molecule is O=C1CCCC2(CCN(c3ncnc(N4CCCC4)c3F)CC2)N1c1ccc(Cl)c(F)c1. The van der Waals surface area contributed by atoms with Crippen molar-refractivity contribution in [2.45, 2.75) is 50.5 Å². The predicted molar refractivity (Wildman–Crippen MR) is 120 cm³/mol. The molecule has 5 rings (SSSR count). The summed E-state index contributed by atoms with van der Waals surface area (Å²) in [6.07, 6.45) is 6.91. The monoisotopic (exact) mass is 461 g/mol. The smallest absolute Gasteiger partial charge is 0.227 e. The molecule has 0 unspecified atom stereocenters. The minimum atomic E-state index is -0.535. The highest BCUT2D eigenvalue weighted by Crippen LogP contribution is 2.42. The summed E-state index contributed by atoms with van der Waals surface area (Å²) in [5.74, 6) is -0.216. The van der Waals surface area contributed by atoms with Crippen molar-refractivity contribution in [2.24, 2.45) is 0 Å². The van der Waals surface area contributed by atoms with E-state index in [0.29, 0.717) is 49.7 Å². The van der Waals surface area contributed by atoms with Gasteiger partial charge in [0.05, 0.1) is 10.6 Å². The Morgan fingerprint density at radius 2 is 1.56 bits per heavy atom. The summed E-state index contributed by atoms with van der Waals surface area (Å²) in [5.41, 5.74) is 0.127. The second kappa shape index (κ2) is 8.46. The summed E-state index contributed by atoms with van der Waals surface area (Å²) in [4.78, 5) is 27.1. The van der Waals surface area contributed by atoms with E-state index in [1.54, 1.807) is 11.0 Å². The Hall–Kier alpha value is -2.48. The fourth-order valence-corrected chi connectivity index (χ4v) is 5.55. The Kier molecular flexibility index (Phi) is 5.65. The molecule has 1 spiro atoms. The molecule has 9 heteroatoms. The highest BCUT2D eigenvalue weighted by molar-refractivity contribution is 6.30. The average molecular weight is 462 g/mol. The Bertz CT molecular complexity index is 1020. The topological polar surface area (TPSA) is 52.6 Å². The lowest BCUT2D eigenvalue weighted by molar-refractivity contribution is -0.121. The van der Waals surface area contributed by atoms with Gasteiger partial charge in [-0.1, -0.05) is 11.6 Å². The van der Waals surface area contributed by atoms with Crippen LogP contribution in [0.2, 0.25) is 5.02 Å². The first-order chi connectivity index (χ1) is 15.5. The van der Waals surface area contributed by atoms with Crippen LogP contribution < -0.4 is 14.7 Å². The molecule has 3 saturated heterocycles. The van der Waals surface area contributed by atoms with Gasteiger partial charge in [-0.15, -0.1) is 0 Å². The fraction of sp³-hybridized carbons (Fsp3) is 0.522. The third kappa shape index (κ3) is 3.68. The lowest BCUT2D eigenvalue weighted by Crippen LogP contribution is -2.60. The number of anilines is 3. The molecule has 4 heterocycles. The number of amides is 1. The van der Waals surface area contributed by atoms with Crippen LogP contribution in [0, 0.1) is 11.6 Å². The maximum absolute atomic E-state index is 15.3. The minimum absolute atomic E-state index is 0.00374. The Morgan fingerprint density at radius 1 is 0.906 bits per heavy atom. The fourth-order valence-electron chi connectivity index (χ4n) is 5.43.